The molecule has 0 unspecified atom stereocenters. The van der Waals surface area contributed by atoms with E-state index in [-0.39, 0.29) is 5.82 Å². The van der Waals surface area contributed by atoms with Gasteiger partial charge in [-0.05, 0) is 35.9 Å². The lowest BCUT2D eigenvalue weighted by molar-refractivity contribution is 0.612. The van der Waals surface area contributed by atoms with Crippen LogP contribution in [0.25, 0.3) is 27.8 Å². The van der Waals surface area contributed by atoms with E-state index in [4.69, 9.17) is 0 Å². The normalized spacial score (nSPS) is 11.0. The zero-order valence-corrected chi connectivity index (χ0v) is 11.5. The van der Waals surface area contributed by atoms with Crippen molar-refractivity contribution >= 4 is 11.0 Å². The van der Waals surface area contributed by atoms with Gasteiger partial charge in [0.25, 0.3) is 0 Å². The van der Waals surface area contributed by atoms with Gasteiger partial charge in [0.1, 0.15) is 11.5 Å². The van der Waals surface area contributed by atoms with Crippen LogP contribution in [0.3, 0.4) is 0 Å². The highest BCUT2D eigenvalue weighted by Crippen LogP contribution is 2.24. The maximum atomic E-state index is 13.9. The van der Waals surface area contributed by atoms with Gasteiger partial charge < -0.3 is 0 Å². The molecule has 3 heterocycles. The first-order valence-electron chi connectivity index (χ1n) is 6.82. The Kier molecular flexibility index (Phi) is 2.89. The molecule has 22 heavy (non-hydrogen) atoms. The smallest absolute Gasteiger partial charge is 0.163 e. The first-order chi connectivity index (χ1) is 10.8. The fraction of sp³-hybridized carbons (Fsp3) is 0. The summed E-state index contributed by atoms with van der Waals surface area (Å²) in [5.41, 5.74) is 3.02. The number of rotatable bonds is 2. The third kappa shape index (κ3) is 2.03. The van der Waals surface area contributed by atoms with Gasteiger partial charge in [-0.25, -0.2) is 14.1 Å². The minimum absolute atomic E-state index is 0.326. The predicted molar refractivity (Wildman–Crippen MR) is 82.1 cm³/mol. The fourth-order valence-corrected chi connectivity index (χ4v) is 2.42. The second-order valence-electron chi connectivity index (χ2n) is 4.88. The van der Waals surface area contributed by atoms with Crippen molar-refractivity contribution in [3.8, 4) is 16.8 Å². The molecule has 0 atom stereocenters. The molecule has 106 valence electrons. The molecule has 4 rings (SSSR count). The second-order valence-corrected chi connectivity index (χ2v) is 4.88. The van der Waals surface area contributed by atoms with E-state index >= 15 is 0 Å². The number of hydrogen-bond donors (Lipinski definition) is 0. The average Bonchev–Trinajstić information content (AvgIpc) is 2.99. The molecule has 0 aliphatic carbocycles. The second kappa shape index (κ2) is 5.04. The Balaban J connectivity index is 1.87. The van der Waals surface area contributed by atoms with Gasteiger partial charge >= 0.3 is 0 Å². The predicted octanol–water partition coefficient (Wildman–Crippen LogP) is 3.62. The molecule has 0 bridgehead atoms. The zero-order chi connectivity index (χ0) is 14.9. The van der Waals surface area contributed by atoms with Crippen LogP contribution in [-0.2, 0) is 0 Å². The molecular weight excluding hydrogens is 279 g/mol. The molecule has 0 spiro atoms. The first kappa shape index (κ1) is 12.6. The van der Waals surface area contributed by atoms with Gasteiger partial charge in [0.2, 0.25) is 0 Å². The van der Waals surface area contributed by atoms with Crippen LogP contribution in [0.4, 0.5) is 4.39 Å². The molecule has 3 aromatic heterocycles. The van der Waals surface area contributed by atoms with Crippen molar-refractivity contribution in [1.82, 2.24) is 19.7 Å². The van der Waals surface area contributed by atoms with Gasteiger partial charge in [0.05, 0.1) is 6.20 Å². The molecule has 0 aliphatic heterocycles. The van der Waals surface area contributed by atoms with Gasteiger partial charge in [-0.15, -0.1) is 0 Å². The van der Waals surface area contributed by atoms with Gasteiger partial charge in [0.15, 0.2) is 5.65 Å². The highest BCUT2D eigenvalue weighted by molar-refractivity contribution is 5.81. The van der Waals surface area contributed by atoms with E-state index in [9.17, 15) is 4.39 Å². The van der Waals surface area contributed by atoms with E-state index in [1.807, 2.05) is 18.2 Å². The van der Waals surface area contributed by atoms with Crippen molar-refractivity contribution in [1.29, 1.82) is 0 Å². The van der Waals surface area contributed by atoms with Crippen molar-refractivity contribution < 1.29 is 4.39 Å². The standard InChI is InChI=1S/C17H11FN4/c18-15-3-1-2-4-16(15)22-17-14(11-21-22)9-13(10-20-17)12-5-7-19-8-6-12/h1-11H. The largest absolute Gasteiger partial charge is 0.265 e. The molecule has 5 heteroatoms. The molecule has 4 nitrogen and oxygen atoms in total. The summed E-state index contributed by atoms with van der Waals surface area (Å²) in [6.45, 7) is 0. The monoisotopic (exact) mass is 290 g/mol. The van der Waals surface area contributed by atoms with E-state index in [0.717, 1.165) is 16.5 Å². The summed E-state index contributed by atoms with van der Waals surface area (Å²) in [7, 11) is 0. The number of pyridine rings is 2. The van der Waals surface area contributed by atoms with E-state index in [1.165, 1.54) is 10.7 Å². The molecule has 1 aromatic carbocycles. The Bertz CT molecular complexity index is 947. The van der Waals surface area contributed by atoms with E-state index in [2.05, 4.69) is 15.1 Å². The van der Waals surface area contributed by atoms with E-state index < -0.39 is 0 Å². The van der Waals surface area contributed by atoms with Crippen LogP contribution in [0, 0.1) is 5.82 Å². The van der Waals surface area contributed by atoms with E-state index in [1.54, 1.807) is 43.0 Å². The Labute approximate surface area is 125 Å². The lowest BCUT2D eigenvalue weighted by Gasteiger charge is -2.05. The van der Waals surface area contributed by atoms with Crippen LogP contribution in [-0.4, -0.2) is 19.7 Å². The molecule has 0 saturated carbocycles. The number of para-hydroxylation sites is 1. The number of nitrogens with zero attached hydrogens (tertiary/aromatic N) is 4. The highest BCUT2D eigenvalue weighted by atomic mass is 19.1. The minimum Gasteiger partial charge on any atom is -0.265 e. The van der Waals surface area contributed by atoms with E-state index in [0.29, 0.717) is 11.3 Å². The topological polar surface area (TPSA) is 43.6 Å². The molecule has 0 radical (unpaired) electrons. The Morgan fingerprint density at radius 1 is 0.909 bits per heavy atom. The number of benzene rings is 1. The maximum absolute atomic E-state index is 13.9. The van der Waals surface area contributed by atoms with Crippen LogP contribution >= 0.6 is 0 Å². The number of hydrogen-bond acceptors (Lipinski definition) is 3. The molecule has 0 fully saturated rings. The number of aromatic nitrogens is 4. The summed E-state index contributed by atoms with van der Waals surface area (Å²) in [6, 6.07) is 12.3. The molecule has 4 aromatic rings. The van der Waals surface area contributed by atoms with Gasteiger partial charge in [-0.2, -0.15) is 5.10 Å². The lowest BCUT2D eigenvalue weighted by Crippen LogP contribution is -2.00. The SMILES string of the molecule is Fc1ccccc1-n1ncc2cc(-c3ccncc3)cnc21. The maximum Gasteiger partial charge on any atom is 0.163 e. The first-order valence-corrected chi connectivity index (χ1v) is 6.82. The quantitative estimate of drug-likeness (QED) is 0.566. The van der Waals surface area contributed by atoms with Crippen LogP contribution in [0.1, 0.15) is 0 Å². The Hall–Kier alpha value is -3.08. The molecule has 0 saturated heterocycles. The van der Waals surface area contributed by atoms with Crippen LogP contribution in [0.5, 0.6) is 0 Å². The molecule has 0 amide bonds. The van der Waals surface area contributed by atoms with Gasteiger partial charge in [-0.3, -0.25) is 4.98 Å². The van der Waals surface area contributed by atoms with Crippen molar-refractivity contribution in [2.45, 2.75) is 0 Å². The summed E-state index contributed by atoms with van der Waals surface area (Å²) in [5.74, 6) is -0.326. The lowest BCUT2D eigenvalue weighted by atomic mass is 10.1. The Morgan fingerprint density at radius 3 is 2.55 bits per heavy atom. The average molecular weight is 290 g/mol. The van der Waals surface area contributed by atoms with Gasteiger partial charge in [0, 0.05) is 29.5 Å². The van der Waals surface area contributed by atoms with Crippen LogP contribution in [0.15, 0.2) is 67.3 Å². The fourth-order valence-electron chi connectivity index (χ4n) is 2.42. The number of fused-ring (bicyclic) bond motifs is 1. The zero-order valence-electron chi connectivity index (χ0n) is 11.5. The third-order valence-electron chi connectivity index (χ3n) is 3.50. The van der Waals surface area contributed by atoms with Crippen LogP contribution in [0.2, 0.25) is 0 Å². The molecular formula is C17H11FN4. The summed E-state index contributed by atoms with van der Waals surface area (Å²) < 4.78 is 15.4. The van der Waals surface area contributed by atoms with Gasteiger partial charge in [-0.1, -0.05) is 12.1 Å². The van der Waals surface area contributed by atoms with Crippen LogP contribution < -0.4 is 0 Å². The molecule has 0 aliphatic rings. The van der Waals surface area contributed by atoms with Crippen molar-refractivity contribution in [3.05, 3.63) is 73.1 Å². The molecule has 0 N–H and O–H groups in total. The Morgan fingerprint density at radius 2 is 1.73 bits per heavy atom. The highest BCUT2D eigenvalue weighted by Gasteiger charge is 2.10. The summed E-state index contributed by atoms with van der Waals surface area (Å²) >= 11 is 0. The minimum atomic E-state index is -0.326. The van der Waals surface area contributed by atoms with Crippen molar-refractivity contribution in [3.63, 3.8) is 0 Å². The summed E-state index contributed by atoms with van der Waals surface area (Å²) in [4.78, 5) is 8.46. The third-order valence-corrected chi connectivity index (χ3v) is 3.50. The summed E-state index contributed by atoms with van der Waals surface area (Å²) in [5, 5.41) is 5.12. The number of halogens is 1. The summed E-state index contributed by atoms with van der Waals surface area (Å²) in [6.07, 6.45) is 6.93. The van der Waals surface area contributed by atoms with Crippen molar-refractivity contribution in [2.75, 3.05) is 0 Å². The van der Waals surface area contributed by atoms with Crippen molar-refractivity contribution in [2.24, 2.45) is 0 Å².